The second-order valence-electron chi connectivity index (χ2n) is 4.45. The predicted molar refractivity (Wildman–Crippen MR) is 63.7 cm³/mol. The molecule has 1 heterocycles. The molecule has 2 N–H and O–H groups in total. The molecular formula is C13H19NO2. The van der Waals surface area contributed by atoms with E-state index in [1.54, 1.807) is 0 Å². The van der Waals surface area contributed by atoms with Crippen LogP contribution >= 0.6 is 0 Å². The monoisotopic (exact) mass is 221 g/mol. The third-order valence-electron chi connectivity index (χ3n) is 2.94. The lowest BCUT2D eigenvalue weighted by atomic mass is 9.91. The van der Waals surface area contributed by atoms with Crippen LogP contribution in [0.1, 0.15) is 25.0 Å². The Hall–Kier alpha value is -1.06. The molecule has 0 aliphatic carbocycles. The number of para-hydroxylation sites is 1. The molecule has 0 bridgehead atoms. The van der Waals surface area contributed by atoms with Crippen molar-refractivity contribution in [3.8, 4) is 5.75 Å². The summed E-state index contributed by atoms with van der Waals surface area (Å²) in [4.78, 5) is 0. The van der Waals surface area contributed by atoms with Gasteiger partial charge in [0, 0.05) is 18.6 Å². The summed E-state index contributed by atoms with van der Waals surface area (Å²) >= 11 is 0. The summed E-state index contributed by atoms with van der Waals surface area (Å²) in [6.07, 6.45) is 0.980. The Labute approximate surface area is 96.5 Å². The minimum atomic E-state index is -0.480. The first kappa shape index (κ1) is 11.4. The molecule has 3 nitrogen and oxygen atoms in total. The van der Waals surface area contributed by atoms with Gasteiger partial charge in [-0.3, -0.25) is 0 Å². The van der Waals surface area contributed by atoms with E-state index in [1.807, 2.05) is 26.0 Å². The number of hydrogen-bond donors (Lipinski definition) is 1. The summed E-state index contributed by atoms with van der Waals surface area (Å²) in [5, 5.41) is 0. The maximum absolute atomic E-state index is 6.29. The largest absolute Gasteiger partial charge is 0.493 e. The molecule has 2 rings (SSSR count). The Morgan fingerprint density at radius 1 is 1.50 bits per heavy atom. The first-order valence-electron chi connectivity index (χ1n) is 5.77. The third kappa shape index (κ3) is 2.06. The summed E-state index contributed by atoms with van der Waals surface area (Å²) in [7, 11) is 0. The fourth-order valence-corrected chi connectivity index (χ4v) is 2.06. The van der Waals surface area contributed by atoms with Gasteiger partial charge in [-0.25, -0.2) is 0 Å². The van der Waals surface area contributed by atoms with Crippen molar-refractivity contribution >= 4 is 0 Å². The highest BCUT2D eigenvalue weighted by Gasteiger charge is 2.28. The molecule has 0 spiro atoms. The number of hydrogen-bond acceptors (Lipinski definition) is 3. The molecule has 88 valence electrons. The van der Waals surface area contributed by atoms with Gasteiger partial charge in [-0.05, 0) is 19.4 Å². The number of fused-ring (bicyclic) bond motifs is 1. The Bertz CT molecular complexity index is 374. The van der Waals surface area contributed by atoms with Crippen molar-refractivity contribution in [3.63, 3.8) is 0 Å². The molecule has 0 aromatic heterocycles. The van der Waals surface area contributed by atoms with E-state index in [4.69, 9.17) is 15.2 Å². The van der Waals surface area contributed by atoms with E-state index in [1.165, 1.54) is 5.56 Å². The number of ether oxygens (including phenoxy) is 2. The minimum Gasteiger partial charge on any atom is -0.493 e. The Kier molecular flexibility index (Phi) is 3.17. The molecule has 1 aliphatic rings. The van der Waals surface area contributed by atoms with Gasteiger partial charge in [0.25, 0.3) is 0 Å². The lowest BCUT2D eigenvalue weighted by molar-refractivity contribution is 0.0996. The van der Waals surface area contributed by atoms with Crippen LogP contribution in [0, 0.1) is 0 Å². The van der Waals surface area contributed by atoms with E-state index in [0.29, 0.717) is 13.2 Å². The number of nitrogens with two attached hydrogens (primary N) is 1. The van der Waals surface area contributed by atoms with Crippen molar-refractivity contribution in [3.05, 3.63) is 29.3 Å². The quantitative estimate of drug-likeness (QED) is 0.843. The SMILES string of the molecule is CCOCC(C)(N)c1cccc2c1OCC2. The molecule has 1 aromatic rings. The van der Waals surface area contributed by atoms with Crippen LogP contribution in [0.25, 0.3) is 0 Å². The van der Waals surface area contributed by atoms with E-state index < -0.39 is 5.54 Å². The molecule has 3 heteroatoms. The molecular weight excluding hydrogens is 202 g/mol. The van der Waals surface area contributed by atoms with Crippen LogP contribution in [-0.2, 0) is 16.7 Å². The second kappa shape index (κ2) is 4.44. The van der Waals surface area contributed by atoms with Crippen LogP contribution < -0.4 is 10.5 Å². The van der Waals surface area contributed by atoms with Crippen LogP contribution in [0.2, 0.25) is 0 Å². The van der Waals surface area contributed by atoms with Gasteiger partial charge in [0.1, 0.15) is 5.75 Å². The van der Waals surface area contributed by atoms with Crippen LogP contribution in [0.5, 0.6) is 5.75 Å². The van der Waals surface area contributed by atoms with Gasteiger partial charge in [0.2, 0.25) is 0 Å². The van der Waals surface area contributed by atoms with Gasteiger partial charge in [-0.15, -0.1) is 0 Å². The fourth-order valence-electron chi connectivity index (χ4n) is 2.06. The lowest BCUT2D eigenvalue weighted by Gasteiger charge is -2.26. The summed E-state index contributed by atoms with van der Waals surface area (Å²) in [5.41, 5.74) is 8.12. The zero-order valence-corrected chi connectivity index (χ0v) is 9.95. The van der Waals surface area contributed by atoms with Gasteiger partial charge >= 0.3 is 0 Å². The van der Waals surface area contributed by atoms with Crippen LogP contribution in [-0.4, -0.2) is 19.8 Å². The van der Waals surface area contributed by atoms with Crippen LogP contribution in [0.3, 0.4) is 0 Å². The molecule has 0 radical (unpaired) electrons. The summed E-state index contributed by atoms with van der Waals surface area (Å²) in [5.74, 6) is 0.965. The molecule has 0 amide bonds. The normalized spacial score (nSPS) is 17.7. The second-order valence-corrected chi connectivity index (χ2v) is 4.45. The van der Waals surface area contributed by atoms with Gasteiger partial charge in [-0.2, -0.15) is 0 Å². The van der Waals surface area contributed by atoms with Crippen molar-refractivity contribution in [2.45, 2.75) is 25.8 Å². The van der Waals surface area contributed by atoms with Crippen molar-refractivity contribution in [2.75, 3.05) is 19.8 Å². The third-order valence-corrected chi connectivity index (χ3v) is 2.94. The van der Waals surface area contributed by atoms with E-state index in [9.17, 15) is 0 Å². The lowest BCUT2D eigenvalue weighted by Crippen LogP contribution is -2.38. The van der Waals surface area contributed by atoms with E-state index >= 15 is 0 Å². The van der Waals surface area contributed by atoms with Crippen molar-refractivity contribution in [1.82, 2.24) is 0 Å². The van der Waals surface area contributed by atoms with Crippen molar-refractivity contribution in [1.29, 1.82) is 0 Å². The summed E-state index contributed by atoms with van der Waals surface area (Å²) in [6, 6.07) is 6.17. The number of rotatable bonds is 4. The van der Waals surface area contributed by atoms with Crippen LogP contribution in [0.4, 0.5) is 0 Å². The molecule has 1 atom stereocenters. The standard InChI is InChI=1S/C13H19NO2/c1-3-15-9-13(2,14)11-6-4-5-10-7-8-16-12(10)11/h4-6H,3,7-9,14H2,1-2H3. The molecule has 0 fully saturated rings. The molecule has 0 saturated heterocycles. The average molecular weight is 221 g/mol. The minimum absolute atomic E-state index is 0.480. The first-order valence-corrected chi connectivity index (χ1v) is 5.77. The summed E-state index contributed by atoms with van der Waals surface area (Å²) < 4.78 is 11.1. The highest BCUT2D eigenvalue weighted by molar-refractivity contribution is 5.47. The molecule has 0 saturated carbocycles. The zero-order valence-electron chi connectivity index (χ0n) is 9.95. The first-order chi connectivity index (χ1) is 7.65. The predicted octanol–water partition coefficient (Wildman–Crippen LogP) is 1.83. The smallest absolute Gasteiger partial charge is 0.127 e. The van der Waals surface area contributed by atoms with Crippen LogP contribution in [0.15, 0.2) is 18.2 Å². The molecule has 1 aliphatic heterocycles. The number of benzene rings is 1. The Morgan fingerprint density at radius 3 is 3.06 bits per heavy atom. The molecule has 1 aromatic carbocycles. The molecule has 1 unspecified atom stereocenters. The highest BCUT2D eigenvalue weighted by atomic mass is 16.5. The summed E-state index contributed by atoms with van der Waals surface area (Å²) in [6.45, 7) is 5.92. The fraction of sp³-hybridized carbons (Fsp3) is 0.538. The van der Waals surface area contributed by atoms with Gasteiger partial charge in [-0.1, -0.05) is 18.2 Å². The van der Waals surface area contributed by atoms with Crippen molar-refractivity contribution < 1.29 is 9.47 Å². The molecule has 16 heavy (non-hydrogen) atoms. The topological polar surface area (TPSA) is 44.5 Å². The van der Waals surface area contributed by atoms with Gasteiger partial charge in [0.05, 0.1) is 18.8 Å². The Morgan fingerprint density at radius 2 is 2.31 bits per heavy atom. The maximum atomic E-state index is 6.29. The van der Waals surface area contributed by atoms with E-state index in [-0.39, 0.29) is 0 Å². The van der Waals surface area contributed by atoms with Gasteiger partial charge in [0.15, 0.2) is 0 Å². The van der Waals surface area contributed by atoms with E-state index in [2.05, 4.69) is 6.07 Å². The Balaban J connectivity index is 2.29. The maximum Gasteiger partial charge on any atom is 0.127 e. The zero-order chi connectivity index (χ0) is 11.6. The van der Waals surface area contributed by atoms with E-state index in [0.717, 1.165) is 24.3 Å². The van der Waals surface area contributed by atoms with Crippen molar-refractivity contribution in [2.24, 2.45) is 5.73 Å². The van der Waals surface area contributed by atoms with Gasteiger partial charge < -0.3 is 15.2 Å². The average Bonchev–Trinajstić information content (AvgIpc) is 2.73. The highest BCUT2D eigenvalue weighted by Crippen LogP contribution is 2.35.